The van der Waals surface area contributed by atoms with E-state index in [1.165, 1.54) is 0 Å². The lowest BCUT2D eigenvalue weighted by Gasteiger charge is -2.01. The van der Waals surface area contributed by atoms with Gasteiger partial charge in [-0.3, -0.25) is 4.79 Å². The van der Waals surface area contributed by atoms with Crippen molar-refractivity contribution in [1.82, 2.24) is 0 Å². The fourth-order valence-electron chi connectivity index (χ4n) is 1.35. The lowest BCUT2D eigenvalue weighted by atomic mass is 10.1. The first-order valence-corrected chi connectivity index (χ1v) is 5.04. The lowest BCUT2D eigenvalue weighted by molar-refractivity contribution is 0.0691. The first-order chi connectivity index (χ1) is 7.86. The van der Waals surface area contributed by atoms with Gasteiger partial charge in [0.2, 0.25) is 0 Å². The summed E-state index contributed by atoms with van der Waals surface area (Å²) in [4.78, 5) is 11.6. The maximum atomic E-state index is 11.6. The van der Waals surface area contributed by atoms with Crippen LogP contribution < -0.4 is 0 Å². The van der Waals surface area contributed by atoms with Crippen molar-refractivity contribution in [3.63, 3.8) is 0 Å². The van der Waals surface area contributed by atoms with Crippen molar-refractivity contribution < 1.29 is 13.9 Å². The third-order valence-electron chi connectivity index (χ3n) is 2.15. The van der Waals surface area contributed by atoms with Crippen LogP contribution in [-0.4, -0.2) is 12.4 Å². The Kier molecular flexibility index (Phi) is 3.51. The molecule has 0 saturated heterocycles. The molecule has 82 valence electrons. The smallest absolute Gasteiger partial charge is 0.188 e. The Morgan fingerprint density at radius 2 is 1.94 bits per heavy atom. The van der Waals surface area contributed by atoms with E-state index in [1.807, 2.05) is 24.3 Å². The van der Waals surface area contributed by atoms with Gasteiger partial charge in [0.15, 0.2) is 5.78 Å². The van der Waals surface area contributed by atoms with Gasteiger partial charge in [0, 0.05) is 5.56 Å². The minimum absolute atomic E-state index is 0.0212. The number of Topliss-reactive ketones (excluding diaryl/α,β-unsaturated/α-hetero) is 1. The molecule has 0 aliphatic carbocycles. The molecular weight excluding hydrogens is 204 g/mol. The topological polar surface area (TPSA) is 39.4 Å². The molecule has 0 bridgehead atoms. The van der Waals surface area contributed by atoms with E-state index >= 15 is 0 Å². The fraction of sp³-hybridized carbons (Fsp3) is 0.154. The highest BCUT2D eigenvalue weighted by Crippen LogP contribution is 2.04. The van der Waals surface area contributed by atoms with Crippen molar-refractivity contribution in [2.24, 2.45) is 0 Å². The molecule has 0 saturated carbocycles. The highest BCUT2D eigenvalue weighted by Gasteiger charge is 2.05. The van der Waals surface area contributed by atoms with Gasteiger partial charge in [-0.1, -0.05) is 30.3 Å². The van der Waals surface area contributed by atoms with Gasteiger partial charge in [0.05, 0.1) is 6.26 Å². The number of carbonyl (C=O) groups is 1. The SMILES string of the molecule is O=C(COCc1ccco1)c1ccccc1. The zero-order chi connectivity index (χ0) is 11.2. The van der Waals surface area contributed by atoms with E-state index in [9.17, 15) is 4.79 Å². The Morgan fingerprint density at radius 1 is 1.12 bits per heavy atom. The van der Waals surface area contributed by atoms with Crippen molar-refractivity contribution in [3.05, 3.63) is 60.1 Å². The van der Waals surface area contributed by atoms with E-state index in [1.54, 1.807) is 24.5 Å². The summed E-state index contributed by atoms with van der Waals surface area (Å²) >= 11 is 0. The van der Waals surface area contributed by atoms with Crippen LogP contribution in [-0.2, 0) is 11.3 Å². The van der Waals surface area contributed by atoms with Crippen LogP contribution in [0.2, 0.25) is 0 Å². The van der Waals surface area contributed by atoms with Gasteiger partial charge in [-0.25, -0.2) is 0 Å². The third-order valence-corrected chi connectivity index (χ3v) is 2.15. The standard InChI is InChI=1S/C13H12O3/c14-13(11-5-2-1-3-6-11)10-15-9-12-7-4-8-16-12/h1-8H,9-10H2. The predicted molar refractivity (Wildman–Crippen MR) is 59.1 cm³/mol. The zero-order valence-corrected chi connectivity index (χ0v) is 8.76. The molecule has 1 aromatic carbocycles. The predicted octanol–water partition coefficient (Wildman–Crippen LogP) is 2.68. The second-order valence-corrected chi connectivity index (χ2v) is 3.36. The molecule has 0 unspecified atom stereocenters. The molecule has 0 N–H and O–H groups in total. The van der Waals surface area contributed by atoms with Gasteiger partial charge in [-0.15, -0.1) is 0 Å². The maximum Gasteiger partial charge on any atom is 0.188 e. The summed E-state index contributed by atoms with van der Waals surface area (Å²) in [5.41, 5.74) is 0.668. The fourth-order valence-corrected chi connectivity index (χ4v) is 1.35. The van der Waals surface area contributed by atoms with Crippen molar-refractivity contribution in [3.8, 4) is 0 Å². The highest BCUT2D eigenvalue weighted by atomic mass is 16.5. The summed E-state index contributed by atoms with van der Waals surface area (Å²) in [7, 11) is 0. The van der Waals surface area contributed by atoms with E-state index in [2.05, 4.69) is 0 Å². The third kappa shape index (κ3) is 2.81. The van der Waals surface area contributed by atoms with Crippen LogP contribution in [0.15, 0.2) is 53.1 Å². The molecule has 0 amide bonds. The maximum absolute atomic E-state index is 11.6. The molecular formula is C13H12O3. The molecule has 0 aliphatic heterocycles. The molecule has 0 fully saturated rings. The minimum Gasteiger partial charge on any atom is -0.467 e. The van der Waals surface area contributed by atoms with Crippen LogP contribution in [0, 0.1) is 0 Å². The van der Waals surface area contributed by atoms with Crippen LogP contribution in [0.1, 0.15) is 16.1 Å². The van der Waals surface area contributed by atoms with Gasteiger partial charge < -0.3 is 9.15 Å². The Bertz CT molecular complexity index is 431. The van der Waals surface area contributed by atoms with E-state index in [0.29, 0.717) is 12.2 Å². The largest absolute Gasteiger partial charge is 0.467 e. The van der Waals surface area contributed by atoms with E-state index in [4.69, 9.17) is 9.15 Å². The van der Waals surface area contributed by atoms with Crippen molar-refractivity contribution in [2.45, 2.75) is 6.61 Å². The molecule has 2 rings (SSSR count). The molecule has 1 heterocycles. The Balaban J connectivity index is 1.81. The zero-order valence-electron chi connectivity index (χ0n) is 8.76. The molecule has 2 aromatic rings. The molecule has 0 radical (unpaired) electrons. The van der Waals surface area contributed by atoms with Crippen LogP contribution >= 0.6 is 0 Å². The first kappa shape index (κ1) is 10.6. The Labute approximate surface area is 93.7 Å². The number of ether oxygens (including phenoxy) is 1. The number of hydrogen-bond acceptors (Lipinski definition) is 3. The number of furan rings is 1. The summed E-state index contributed by atoms with van der Waals surface area (Å²) < 4.78 is 10.3. The number of rotatable bonds is 5. The molecule has 0 spiro atoms. The van der Waals surface area contributed by atoms with Gasteiger partial charge in [0.25, 0.3) is 0 Å². The van der Waals surface area contributed by atoms with Gasteiger partial charge in [-0.05, 0) is 12.1 Å². The summed E-state index contributed by atoms with van der Waals surface area (Å²) in [6.45, 7) is 0.399. The van der Waals surface area contributed by atoms with Crippen LogP contribution in [0.4, 0.5) is 0 Å². The first-order valence-electron chi connectivity index (χ1n) is 5.04. The minimum atomic E-state index is -0.0212. The summed E-state index contributed by atoms with van der Waals surface area (Å²) in [6, 6.07) is 12.7. The van der Waals surface area contributed by atoms with Crippen molar-refractivity contribution in [2.75, 3.05) is 6.61 Å². The van der Waals surface area contributed by atoms with E-state index in [0.717, 1.165) is 5.76 Å². The number of ketones is 1. The van der Waals surface area contributed by atoms with E-state index in [-0.39, 0.29) is 12.4 Å². The molecule has 1 aromatic heterocycles. The van der Waals surface area contributed by atoms with Crippen molar-refractivity contribution >= 4 is 5.78 Å². The summed E-state index contributed by atoms with van der Waals surface area (Å²) in [5.74, 6) is 0.702. The van der Waals surface area contributed by atoms with Crippen LogP contribution in [0.5, 0.6) is 0 Å². The normalized spacial score (nSPS) is 10.2. The summed E-state index contributed by atoms with van der Waals surface area (Å²) in [6.07, 6.45) is 1.58. The van der Waals surface area contributed by atoms with Crippen LogP contribution in [0.25, 0.3) is 0 Å². The van der Waals surface area contributed by atoms with Crippen molar-refractivity contribution in [1.29, 1.82) is 0 Å². The molecule has 3 heteroatoms. The number of benzene rings is 1. The average Bonchev–Trinajstić information content (AvgIpc) is 2.83. The Hall–Kier alpha value is -1.87. The number of hydrogen-bond donors (Lipinski definition) is 0. The Morgan fingerprint density at radius 3 is 2.62 bits per heavy atom. The quantitative estimate of drug-likeness (QED) is 0.721. The molecule has 0 atom stereocenters. The molecule has 16 heavy (non-hydrogen) atoms. The lowest BCUT2D eigenvalue weighted by Crippen LogP contribution is -2.08. The van der Waals surface area contributed by atoms with Gasteiger partial charge in [-0.2, -0.15) is 0 Å². The second kappa shape index (κ2) is 5.28. The summed E-state index contributed by atoms with van der Waals surface area (Å²) in [5, 5.41) is 0. The highest BCUT2D eigenvalue weighted by molar-refractivity contribution is 5.96. The van der Waals surface area contributed by atoms with Gasteiger partial charge >= 0.3 is 0 Å². The van der Waals surface area contributed by atoms with Crippen LogP contribution in [0.3, 0.4) is 0 Å². The second-order valence-electron chi connectivity index (χ2n) is 3.36. The van der Waals surface area contributed by atoms with Gasteiger partial charge in [0.1, 0.15) is 19.0 Å². The van der Waals surface area contributed by atoms with E-state index < -0.39 is 0 Å². The molecule has 0 aliphatic rings. The average molecular weight is 216 g/mol. The monoisotopic (exact) mass is 216 g/mol. The number of carbonyl (C=O) groups excluding carboxylic acids is 1. The molecule has 3 nitrogen and oxygen atoms in total.